The average Bonchev–Trinajstić information content (AvgIpc) is 3.00. The topological polar surface area (TPSA) is 81.9 Å². The van der Waals surface area contributed by atoms with Gasteiger partial charge in [-0.1, -0.05) is 6.07 Å². The van der Waals surface area contributed by atoms with E-state index < -0.39 is 0 Å². The molecule has 4 rings (SSSR count). The minimum absolute atomic E-state index is 0.0808. The third-order valence-electron chi connectivity index (χ3n) is 4.38. The zero-order valence-electron chi connectivity index (χ0n) is 15.4. The van der Waals surface area contributed by atoms with Crippen molar-refractivity contribution >= 4 is 33.9 Å². The van der Waals surface area contributed by atoms with Gasteiger partial charge >= 0.3 is 0 Å². The first kappa shape index (κ1) is 17.8. The molecule has 1 N–H and O–H groups in total. The lowest BCUT2D eigenvalue weighted by Crippen LogP contribution is -2.15. The van der Waals surface area contributed by atoms with Crippen molar-refractivity contribution in [3.63, 3.8) is 0 Å². The second-order valence-electron chi connectivity index (χ2n) is 6.13. The Morgan fingerprint density at radius 3 is 2.82 bits per heavy atom. The molecule has 142 valence electrons. The molecule has 28 heavy (non-hydrogen) atoms. The molecule has 0 aliphatic rings. The Bertz CT molecular complexity index is 1190. The summed E-state index contributed by atoms with van der Waals surface area (Å²) < 4.78 is 21.0. The smallest absolute Gasteiger partial charge is 0.258 e. The zero-order chi connectivity index (χ0) is 19.7. The number of hydrogen-bond donors (Lipinski definition) is 1. The number of benzene rings is 2. The zero-order valence-corrected chi connectivity index (χ0v) is 15.4. The first-order valence-electron chi connectivity index (χ1n) is 8.97. The highest BCUT2D eigenvalue weighted by Crippen LogP contribution is 2.27. The molecule has 0 bridgehead atoms. The number of fused-ring (bicyclic) bond motifs is 3. The van der Waals surface area contributed by atoms with E-state index in [4.69, 9.17) is 4.74 Å². The Kier molecular flexibility index (Phi) is 4.60. The van der Waals surface area contributed by atoms with Crippen molar-refractivity contribution in [2.24, 2.45) is 0 Å². The molecule has 8 heteroatoms. The summed E-state index contributed by atoms with van der Waals surface area (Å²) in [4.78, 5) is 17.0. The van der Waals surface area contributed by atoms with Gasteiger partial charge in [0.25, 0.3) is 11.9 Å². The fraction of sp³-hybridized carbons (Fsp3) is 0.200. The summed E-state index contributed by atoms with van der Waals surface area (Å²) in [6.07, 6.45) is 0. The number of anilines is 1. The molecule has 2 heterocycles. The number of carbonyl (C=O) groups excluding carboxylic acids is 1. The van der Waals surface area contributed by atoms with Crippen molar-refractivity contribution in [2.75, 3.05) is 11.9 Å². The van der Waals surface area contributed by atoms with Gasteiger partial charge in [0.05, 0.1) is 12.1 Å². The first-order valence-corrected chi connectivity index (χ1v) is 8.97. The van der Waals surface area contributed by atoms with Gasteiger partial charge in [-0.2, -0.15) is 4.98 Å². The number of hydrogen-bond acceptors (Lipinski definition) is 5. The van der Waals surface area contributed by atoms with Crippen LogP contribution in [0.2, 0.25) is 0 Å². The van der Waals surface area contributed by atoms with Crippen molar-refractivity contribution in [1.29, 1.82) is 0 Å². The van der Waals surface area contributed by atoms with Crippen molar-refractivity contribution in [1.82, 2.24) is 19.7 Å². The molecular weight excluding hydrogens is 361 g/mol. The number of nitrogens with one attached hydrogen (secondary N) is 1. The second-order valence-corrected chi connectivity index (χ2v) is 6.13. The monoisotopic (exact) mass is 379 g/mol. The lowest BCUT2D eigenvalue weighted by molar-refractivity contribution is 0.102. The Balaban J connectivity index is 1.71. The fourth-order valence-electron chi connectivity index (χ4n) is 3.17. The fourth-order valence-corrected chi connectivity index (χ4v) is 3.17. The van der Waals surface area contributed by atoms with Crippen LogP contribution in [0, 0.1) is 5.82 Å². The van der Waals surface area contributed by atoms with Crippen LogP contribution in [-0.4, -0.2) is 32.3 Å². The molecule has 0 aliphatic heterocycles. The number of aromatic nitrogens is 4. The molecule has 1 amide bonds. The Hall–Kier alpha value is -3.55. The van der Waals surface area contributed by atoms with E-state index in [-0.39, 0.29) is 17.7 Å². The van der Waals surface area contributed by atoms with Crippen LogP contribution in [0.1, 0.15) is 24.2 Å². The summed E-state index contributed by atoms with van der Waals surface area (Å²) in [5.41, 5.74) is 2.27. The summed E-state index contributed by atoms with van der Waals surface area (Å²) in [7, 11) is 0. The predicted octanol–water partition coefficient (Wildman–Crippen LogP) is 3.79. The molecule has 0 radical (unpaired) electrons. The van der Waals surface area contributed by atoms with E-state index in [2.05, 4.69) is 20.5 Å². The molecule has 7 nitrogen and oxygen atoms in total. The van der Waals surface area contributed by atoms with Crippen LogP contribution >= 0.6 is 0 Å². The standard InChI is InChI=1S/C20H18FN5O2/c1-3-26-16-9-8-13(21)11-15(16)17-18(26)22-20(25-24-17)23-19(27)12-6-5-7-14(10-12)28-4-2/h5-11H,3-4H2,1-2H3,(H,22,23,25,27). The predicted molar refractivity (Wildman–Crippen MR) is 104 cm³/mol. The minimum atomic E-state index is -0.368. The number of carbonyl (C=O) groups is 1. The third kappa shape index (κ3) is 3.13. The lowest BCUT2D eigenvalue weighted by Gasteiger charge is -2.07. The SMILES string of the molecule is CCOc1cccc(C(=O)Nc2nnc3c4cc(F)ccc4n(CC)c3n2)c1. The van der Waals surface area contributed by atoms with Crippen LogP contribution < -0.4 is 10.1 Å². The number of ether oxygens (including phenoxy) is 1. The highest BCUT2D eigenvalue weighted by atomic mass is 19.1. The molecule has 2 aromatic heterocycles. The molecule has 0 saturated heterocycles. The van der Waals surface area contributed by atoms with Crippen molar-refractivity contribution in [3.05, 3.63) is 53.8 Å². The summed E-state index contributed by atoms with van der Waals surface area (Å²) in [6.45, 7) is 4.97. The number of aryl methyl sites for hydroxylation is 1. The Morgan fingerprint density at radius 2 is 2.04 bits per heavy atom. The molecule has 0 unspecified atom stereocenters. The van der Waals surface area contributed by atoms with Crippen LogP contribution in [-0.2, 0) is 6.54 Å². The summed E-state index contributed by atoms with van der Waals surface area (Å²) >= 11 is 0. The summed E-state index contributed by atoms with van der Waals surface area (Å²) in [5.74, 6) is -0.0287. The van der Waals surface area contributed by atoms with Gasteiger partial charge < -0.3 is 9.30 Å². The van der Waals surface area contributed by atoms with Crippen molar-refractivity contribution in [2.45, 2.75) is 20.4 Å². The van der Waals surface area contributed by atoms with Gasteiger partial charge in [0, 0.05) is 17.5 Å². The van der Waals surface area contributed by atoms with Gasteiger partial charge in [0.1, 0.15) is 17.1 Å². The molecule has 0 saturated carbocycles. The normalized spacial score (nSPS) is 11.1. The summed E-state index contributed by atoms with van der Waals surface area (Å²) in [6, 6.07) is 11.3. The maximum atomic E-state index is 13.7. The van der Waals surface area contributed by atoms with E-state index in [0.29, 0.717) is 41.0 Å². The van der Waals surface area contributed by atoms with E-state index in [1.807, 2.05) is 18.4 Å². The second kappa shape index (κ2) is 7.22. The van der Waals surface area contributed by atoms with Gasteiger partial charge in [-0.25, -0.2) is 4.39 Å². The highest BCUT2D eigenvalue weighted by molar-refractivity contribution is 6.06. The van der Waals surface area contributed by atoms with Crippen LogP contribution in [0.4, 0.5) is 10.3 Å². The van der Waals surface area contributed by atoms with Gasteiger partial charge in [-0.05, 0) is 50.2 Å². The highest BCUT2D eigenvalue weighted by Gasteiger charge is 2.16. The van der Waals surface area contributed by atoms with E-state index >= 15 is 0 Å². The number of rotatable bonds is 5. The maximum Gasteiger partial charge on any atom is 0.258 e. The number of halogens is 1. The lowest BCUT2D eigenvalue weighted by atomic mass is 10.2. The van der Waals surface area contributed by atoms with Gasteiger partial charge in [-0.15, -0.1) is 10.2 Å². The quantitative estimate of drug-likeness (QED) is 0.570. The molecule has 2 aromatic carbocycles. The van der Waals surface area contributed by atoms with Gasteiger partial charge in [0.2, 0.25) is 0 Å². The van der Waals surface area contributed by atoms with Crippen molar-refractivity contribution < 1.29 is 13.9 Å². The van der Waals surface area contributed by atoms with Crippen LogP contribution in [0.3, 0.4) is 0 Å². The third-order valence-corrected chi connectivity index (χ3v) is 4.38. The Morgan fingerprint density at radius 1 is 1.18 bits per heavy atom. The van der Waals surface area contributed by atoms with Crippen LogP contribution in [0.5, 0.6) is 5.75 Å². The average molecular weight is 379 g/mol. The van der Waals surface area contributed by atoms with E-state index in [1.54, 1.807) is 30.3 Å². The summed E-state index contributed by atoms with van der Waals surface area (Å²) in [5, 5.41) is 11.5. The van der Waals surface area contributed by atoms with Gasteiger partial charge in [0.15, 0.2) is 5.65 Å². The van der Waals surface area contributed by atoms with Crippen LogP contribution in [0.15, 0.2) is 42.5 Å². The minimum Gasteiger partial charge on any atom is -0.494 e. The number of nitrogens with zero attached hydrogens (tertiary/aromatic N) is 4. The molecule has 0 atom stereocenters. The van der Waals surface area contributed by atoms with Crippen molar-refractivity contribution in [3.8, 4) is 5.75 Å². The van der Waals surface area contributed by atoms with E-state index in [9.17, 15) is 9.18 Å². The molecular formula is C20H18FN5O2. The van der Waals surface area contributed by atoms with Crippen LogP contribution in [0.25, 0.3) is 22.1 Å². The largest absolute Gasteiger partial charge is 0.494 e. The molecule has 4 aromatic rings. The Labute approximate surface area is 160 Å². The van der Waals surface area contributed by atoms with E-state index in [0.717, 1.165) is 5.52 Å². The van der Waals surface area contributed by atoms with Gasteiger partial charge in [-0.3, -0.25) is 10.1 Å². The molecule has 0 fully saturated rings. The first-order chi connectivity index (χ1) is 13.6. The number of amides is 1. The maximum absolute atomic E-state index is 13.7. The van der Waals surface area contributed by atoms with E-state index in [1.165, 1.54) is 12.1 Å². The molecule has 0 aliphatic carbocycles. The molecule has 0 spiro atoms.